The number of hydrazone groups is 1. The maximum Gasteiger partial charge on any atom is 0.329 e. The Hall–Kier alpha value is -2.95. The van der Waals surface area contributed by atoms with Gasteiger partial charge in [-0.1, -0.05) is 70.2 Å². The van der Waals surface area contributed by atoms with Gasteiger partial charge in [-0.25, -0.2) is 5.43 Å². The van der Waals surface area contributed by atoms with E-state index in [1.54, 1.807) is 0 Å². The third kappa shape index (κ3) is 5.51. The van der Waals surface area contributed by atoms with Crippen molar-refractivity contribution in [3.05, 3.63) is 64.7 Å². The second-order valence-electron chi connectivity index (χ2n) is 6.63. The standard InChI is InChI=1S/C22H27N3O2/c1-5-17-8-7-9-18(6-2)20(17)24-21(26)22(27)25-23-14-16-10-12-19(13-11-16)15(3)4/h7-15H,5-6H2,1-4H3,(H,24,26)(H,25,27). The Labute approximate surface area is 160 Å². The summed E-state index contributed by atoms with van der Waals surface area (Å²) in [7, 11) is 0. The van der Waals surface area contributed by atoms with E-state index in [0.717, 1.165) is 35.2 Å². The molecule has 0 fully saturated rings. The maximum atomic E-state index is 12.2. The molecule has 0 heterocycles. The highest BCUT2D eigenvalue weighted by atomic mass is 16.2. The summed E-state index contributed by atoms with van der Waals surface area (Å²) in [4.78, 5) is 24.3. The summed E-state index contributed by atoms with van der Waals surface area (Å²) in [5.74, 6) is -1.06. The van der Waals surface area contributed by atoms with Crippen LogP contribution in [0.3, 0.4) is 0 Å². The summed E-state index contributed by atoms with van der Waals surface area (Å²) in [6.07, 6.45) is 3.07. The van der Waals surface area contributed by atoms with Crippen molar-refractivity contribution in [3.8, 4) is 0 Å². The first kappa shape index (κ1) is 20.4. The van der Waals surface area contributed by atoms with Gasteiger partial charge in [0.05, 0.1) is 6.21 Å². The first-order chi connectivity index (χ1) is 13.0. The van der Waals surface area contributed by atoms with Crippen LogP contribution in [0.15, 0.2) is 47.6 Å². The van der Waals surface area contributed by atoms with Gasteiger partial charge in [0.15, 0.2) is 0 Å². The van der Waals surface area contributed by atoms with E-state index in [-0.39, 0.29) is 0 Å². The minimum atomic E-state index is -0.794. The third-order valence-electron chi connectivity index (χ3n) is 4.43. The third-order valence-corrected chi connectivity index (χ3v) is 4.43. The molecule has 5 heteroatoms. The van der Waals surface area contributed by atoms with Gasteiger partial charge in [-0.15, -0.1) is 0 Å². The lowest BCUT2D eigenvalue weighted by atomic mass is 10.0. The van der Waals surface area contributed by atoms with E-state index in [0.29, 0.717) is 5.92 Å². The molecule has 0 atom stereocenters. The normalized spacial score (nSPS) is 11.0. The maximum absolute atomic E-state index is 12.2. The lowest BCUT2D eigenvalue weighted by Crippen LogP contribution is -2.33. The quantitative estimate of drug-likeness (QED) is 0.461. The lowest BCUT2D eigenvalue weighted by Gasteiger charge is -2.13. The molecule has 2 aromatic carbocycles. The molecular weight excluding hydrogens is 338 g/mol. The van der Waals surface area contributed by atoms with Gasteiger partial charge in [0.1, 0.15) is 0 Å². The summed E-state index contributed by atoms with van der Waals surface area (Å²) in [5, 5.41) is 6.60. The monoisotopic (exact) mass is 365 g/mol. The van der Waals surface area contributed by atoms with E-state index in [1.807, 2.05) is 56.3 Å². The summed E-state index contributed by atoms with van der Waals surface area (Å²) in [6, 6.07) is 13.8. The van der Waals surface area contributed by atoms with Crippen LogP contribution in [-0.4, -0.2) is 18.0 Å². The van der Waals surface area contributed by atoms with E-state index in [2.05, 4.69) is 29.7 Å². The fourth-order valence-corrected chi connectivity index (χ4v) is 2.76. The van der Waals surface area contributed by atoms with Crippen molar-refractivity contribution in [2.24, 2.45) is 5.10 Å². The molecule has 2 aromatic rings. The highest BCUT2D eigenvalue weighted by Gasteiger charge is 2.16. The molecular formula is C22H27N3O2. The molecule has 0 radical (unpaired) electrons. The minimum absolute atomic E-state index is 0.457. The van der Waals surface area contributed by atoms with Crippen molar-refractivity contribution < 1.29 is 9.59 Å². The molecule has 142 valence electrons. The molecule has 0 saturated carbocycles. The summed E-state index contributed by atoms with van der Waals surface area (Å²) in [5.41, 5.74) is 7.09. The number of carbonyl (C=O) groups excluding carboxylic acids is 2. The molecule has 0 aliphatic heterocycles. The van der Waals surface area contributed by atoms with Crippen molar-refractivity contribution >= 4 is 23.7 Å². The van der Waals surface area contributed by atoms with Gasteiger partial charge in [0, 0.05) is 5.69 Å². The Morgan fingerprint density at radius 2 is 1.56 bits per heavy atom. The Balaban J connectivity index is 1.99. The number of para-hydroxylation sites is 1. The predicted molar refractivity (Wildman–Crippen MR) is 110 cm³/mol. The van der Waals surface area contributed by atoms with Gasteiger partial charge < -0.3 is 5.32 Å². The lowest BCUT2D eigenvalue weighted by molar-refractivity contribution is -0.136. The number of benzene rings is 2. The van der Waals surface area contributed by atoms with Gasteiger partial charge in [-0.2, -0.15) is 5.10 Å². The van der Waals surface area contributed by atoms with Crippen LogP contribution in [0.4, 0.5) is 5.69 Å². The largest absolute Gasteiger partial charge is 0.329 e. The number of hydrogen-bond acceptors (Lipinski definition) is 3. The van der Waals surface area contributed by atoms with E-state index in [4.69, 9.17) is 0 Å². The zero-order valence-electron chi connectivity index (χ0n) is 16.4. The number of anilines is 1. The van der Waals surface area contributed by atoms with Crippen LogP contribution in [0.25, 0.3) is 0 Å². The zero-order chi connectivity index (χ0) is 19.8. The summed E-state index contributed by atoms with van der Waals surface area (Å²) in [6.45, 7) is 8.28. The van der Waals surface area contributed by atoms with Gasteiger partial charge >= 0.3 is 11.8 Å². The van der Waals surface area contributed by atoms with Crippen molar-refractivity contribution in [1.82, 2.24) is 5.43 Å². The van der Waals surface area contributed by atoms with Crippen LogP contribution in [0, 0.1) is 0 Å². The SMILES string of the molecule is CCc1cccc(CC)c1NC(=O)C(=O)NN=Cc1ccc(C(C)C)cc1. The molecule has 5 nitrogen and oxygen atoms in total. The number of amides is 2. The summed E-state index contributed by atoms with van der Waals surface area (Å²) < 4.78 is 0. The van der Waals surface area contributed by atoms with Crippen LogP contribution >= 0.6 is 0 Å². The van der Waals surface area contributed by atoms with Crippen molar-refractivity contribution in [2.75, 3.05) is 5.32 Å². The summed E-state index contributed by atoms with van der Waals surface area (Å²) >= 11 is 0. The molecule has 27 heavy (non-hydrogen) atoms. The van der Waals surface area contributed by atoms with Crippen molar-refractivity contribution in [3.63, 3.8) is 0 Å². The van der Waals surface area contributed by atoms with Crippen LogP contribution in [0.1, 0.15) is 55.9 Å². The molecule has 0 bridgehead atoms. The van der Waals surface area contributed by atoms with E-state index >= 15 is 0 Å². The molecule has 2 rings (SSSR count). The predicted octanol–water partition coefficient (Wildman–Crippen LogP) is 4.02. The second kappa shape index (κ2) is 9.67. The Morgan fingerprint density at radius 3 is 2.07 bits per heavy atom. The van der Waals surface area contributed by atoms with Crippen LogP contribution in [0.5, 0.6) is 0 Å². The van der Waals surface area contributed by atoms with Crippen molar-refractivity contribution in [1.29, 1.82) is 0 Å². The smallest absolute Gasteiger partial charge is 0.317 e. The number of nitrogens with zero attached hydrogens (tertiary/aromatic N) is 1. The fraction of sp³-hybridized carbons (Fsp3) is 0.318. The zero-order valence-corrected chi connectivity index (χ0v) is 16.4. The van der Waals surface area contributed by atoms with Gasteiger partial charge in [-0.3, -0.25) is 9.59 Å². The van der Waals surface area contributed by atoms with Crippen LogP contribution < -0.4 is 10.7 Å². The van der Waals surface area contributed by atoms with E-state index in [1.165, 1.54) is 11.8 Å². The number of aryl methyl sites for hydroxylation is 2. The van der Waals surface area contributed by atoms with Crippen molar-refractivity contribution in [2.45, 2.75) is 46.5 Å². The van der Waals surface area contributed by atoms with Gasteiger partial charge in [0.2, 0.25) is 0 Å². The molecule has 0 unspecified atom stereocenters. The first-order valence-electron chi connectivity index (χ1n) is 9.31. The average Bonchev–Trinajstić information content (AvgIpc) is 2.68. The molecule has 2 N–H and O–H groups in total. The highest BCUT2D eigenvalue weighted by molar-refractivity contribution is 6.39. The van der Waals surface area contributed by atoms with Gasteiger partial charge in [-0.05, 0) is 41.0 Å². The van der Waals surface area contributed by atoms with Crippen LogP contribution in [-0.2, 0) is 22.4 Å². The van der Waals surface area contributed by atoms with Crippen LogP contribution in [0.2, 0.25) is 0 Å². The Morgan fingerprint density at radius 1 is 0.963 bits per heavy atom. The van der Waals surface area contributed by atoms with E-state index in [9.17, 15) is 9.59 Å². The molecule has 0 spiro atoms. The number of hydrogen-bond donors (Lipinski definition) is 2. The first-order valence-corrected chi connectivity index (χ1v) is 9.31. The van der Waals surface area contributed by atoms with Gasteiger partial charge in [0.25, 0.3) is 0 Å². The fourth-order valence-electron chi connectivity index (χ4n) is 2.76. The molecule has 2 amide bonds. The topological polar surface area (TPSA) is 70.6 Å². The number of nitrogens with one attached hydrogen (secondary N) is 2. The Bertz CT molecular complexity index is 802. The molecule has 0 aliphatic carbocycles. The average molecular weight is 365 g/mol. The highest BCUT2D eigenvalue weighted by Crippen LogP contribution is 2.22. The minimum Gasteiger partial charge on any atom is -0.317 e. The van der Waals surface area contributed by atoms with E-state index < -0.39 is 11.8 Å². The molecule has 0 saturated heterocycles. The molecule has 0 aromatic heterocycles. The second-order valence-corrected chi connectivity index (χ2v) is 6.63. The number of rotatable bonds is 6. The molecule has 0 aliphatic rings. The number of carbonyl (C=O) groups is 2. The Kier molecular flexibility index (Phi) is 7.29.